The van der Waals surface area contributed by atoms with Gasteiger partial charge in [-0.2, -0.15) is 21.9 Å². The van der Waals surface area contributed by atoms with Crippen molar-refractivity contribution in [2.45, 2.75) is 9.79 Å². The minimum atomic E-state index is -4.99. The molecule has 0 aliphatic heterocycles. The Morgan fingerprint density at radius 1 is 0.800 bits per heavy atom. The second kappa shape index (κ2) is 8.33. The van der Waals surface area contributed by atoms with Gasteiger partial charge in [0.1, 0.15) is 27.0 Å². The highest BCUT2D eigenvalue weighted by atomic mass is 32.2. The van der Waals surface area contributed by atoms with Crippen LogP contribution in [0.15, 0.2) is 63.4 Å². The van der Waals surface area contributed by atoms with E-state index in [0.717, 1.165) is 12.1 Å². The van der Waals surface area contributed by atoms with Crippen molar-refractivity contribution < 1.29 is 36.2 Å². The van der Waals surface area contributed by atoms with Crippen LogP contribution in [-0.2, 0) is 20.2 Å². The van der Waals surface area contributed by atoms with Crippen molar-refractivity contribution in [3.63, 3.8) is 0 Å². The van der Waals surface area contributed by atoms with Crippen LogP contribution in [0.25, 0.3) is 21.5 Å². The highest BCUT2D eigenvalue weighted by Gasteiger charge is 2.27. The lowest BCUT2D eigenvalue weighted by atomic mass is 9.98. The number of hydrazine groups is 1. The van der Waals surface area contributed by atoms with Crippen molar-refractivity contribution in [1.29, 1.82) is 5.53 Å². The Bertz CT molecular complexity index is 1760. The van der Waals surface area contributed by atoms with Gasteiger partial charge in [-0.05, 0) is 24.3 Å². The van der Waals surface area contributed by atoms with Gasteiger partial charge in [0.2, 0.25) is 0 Å². The quantitative estimate of drug-likeness (QED) is 0.0457. The van der Waals surface area contributed by atoms with Crippen LogP contribution >= 0.6 is 0 Å². The van der Waals surface area contributed by atoms with Gasteiger partial charge >= 0.3 is 0 Å². The lowest BCUT2D eigenvalue weighted by Crippen LogP contribution is -2.12. The number of benzene rings is 4. The molecule has 0 spiro atoms. The Hall–Kier alpha value is -4.02. The zero-order chi connectivity index (χ0) is 25.7. The maximum absolute atomic E-state index is 12.1. The van der Waals surface area contributed by atoms with Crippen LogP contribution in [0.5, 0.6) is 11.5 Å². The van der Waals surface area contributed by atoms with E-state index in [-0.39, 0.29) is 38.6 Å². The standard InChI is InChI=1S/C20H17N5O8S2/c21-24-12-6-5-9(7-14(12)34(28,29)30)23-13-8-15(35(31,32)33)18(25-22)17-16(13)19(26)10-3-1-2-4-11(10)20(17)27/h1-8,22-24,26-27H,21H2,(H,28,29,30)(H,31,32,33). The number of anilines is 3. The number of aromatic hydroxyl groups is 2. The average Bonchev–Trinajstić information content (AvgIpc) is 2.80. The van der Waals surface area contributed by atoms with Crippen LogP contribution in [0, 0.1) is 5.53 Å². The molecular weight excluding hydrogens is 502 g/mol. The normalized spacial score (nSPS) is 12.1. The van der Waals surface area contributed by atoms with E-state index in [4.69, 9.17) is 11.4 Å². The number of nitrogens with zero attached hydrogens (tertiary/aromatic N) is 1. The number of nitrogens with one attached hydrogen (secondary N) is 3. The highest BCUT2D eigenvalue weighted by Crippen LogP contribution is 2.51. The molecule has 15 heteroatoms. The molecule has 0 fully saturated rings. The summed E-state index contributed by atoms with van der Waals surface area (Å²) in [5.74, 6) is 4.35. The fourth-order valence-electron chi connectivity index (χ4n) is 3.78. The first-order chi connectivity index (χ1) is 16.4. The first kappa shape index (κ1) is 24.1. The predicted octanol–water partition coefficient (Wildman–Crippen LogP) is 3.59. The van der Waals surface area contributed by atoms with Crippen LogP contribution in [-0.4, -0.2) is 36.2 Å². The molecule has 9 N–H and O–H groups in total. The Kier molecular flexibility index (Phi) is 5.74. The molecule has 0 saturated carbocycles. The Labute approximate surface area is 197 Å². The molecule has 4 rings (SSSR count). The van der Waals surface area contributed by atoms with Crippen molar-refractivity contribution in [1.82, 2.24) is 0 Å². The maximum atomic E-state index is 12.1. The van der Waals surface area contributed by atoms with E-state index in [1.807, 2.05) is 0 Å². The zero-order valence-electron chi connectivity index (χ0n) is 17.4. The molecule has 0 bridgehead atoms. The fraction of sp³-hybridized carbons (Fsp3) is 0. The summed E-state index contributed by atoms with van der Waals surface area (Å²) in [6.07, 6.45) is 0. The minimum absolute atomic E-state index is 0.0122. The molecule has 35 heavy (non-hydrogen) atoms. The molecule has 4 aromatic carbocycles. The topological polar surface area (TPSA) is 235 Å². The molecule has 0 atom stereocenters. The fourth-order valence-corrected chi connectivity index (χ4v) is 5.12. The number of hydrogen-bond donors (Lipinski definition) is 8. The first-order valence-corrected chi connectivity index (χ1v) is 12.4. The molecule has 0 aliphatic carbocycles. The minimum Gasteiger partial charge on any atom is -0.507 e. The van der Waals surface area contributed by atoms with Gasteiger partial charge in [0.25, 0.3) is 20.2 Å². The van der Waals surface area contributed by atoms with E-state index in [2.05, 4.69) is 15.9 Å². The van der Waals surface area contributed by atoms with Crippen LogP contribution in [0.2, 0.25) is 0 Å². The molecule has 0 heterocycles. The van der Waals surface area contributed by atoms with Crippen molar-refractivity contribution in [2.75, 3.05) is 10.7 Å². The number of phenolic OH excluding ortho intramolecular Hbond substituents is 2. The van der Waals surface area contributed by atoms with E-state index < -0.39 is 47.2 Å². The van der Waals surface area contributed by atoms with Gasteiger partial charge in [-0.15, -0.1) is 0 Å². The van der Waals surface area contributed by atoms with E-state index in [1.165, 1.54) is 24.3 Å². The second-order valence-electron chi connectivity index (χ2n) is 7.31. The Balaban J connectivity index is 2.13. The lowest BCUT2D eigenvalue weighted by molar-refractivity contribution is 0.477. The van der Waals surface area contributed by atoms with Crippen LogP contribution in [0.3, 0.4) is 0 Å². The van der Waals surface area contributed by atoms with E-state index in [1.54, 1.807) is 12.1 Å². The van der Waals surface area contributed by atoms with Gasteiger partial charge in [0, 0.05) is 16.5 Å². The third kappa shape index (κ3) is 4.07. The molecule has 0 saturated heterocycles. The number of nitrogen functional groups attached to an aromatic ring is 1. The molecule has 182 valence electrons. The maximum Gasteiger partial charge on any atom is 0.296 e. The summed E-state index contributed by atoms with van der Waals surface area (Å²) < 4.78 is 67.0. The monoisotopic (exact) mass is 519 g/mol. The highest BCUT2D eigenvalue weighted by molar-refractivity contribution is 7.86. The van der Waals surface area contributed by atoms with Gasteiger partial charge in [-0.1, -0.05) is 24.3 Å². The smallest absolute Gasteiger partial charge is 0.296 e. The first-order valence-electron chi connectivity index (χ1n) is 9.52. The third-order valence-corrected chi connectivity index (χ3v) is 7.02. The predicted molar refractivity (Wildman–Crippen MR) is 127 cm³/mol. The molecule has 0 unspecified atom stereocenters. The molecule has 13 nitrogen and oxygen atoms in total. The van der Waals surface area contributed by atoms with Crippen molar-refractivity contribution >= 4 is 64.5 Å². The van der Waals surface area contributed by atoms with E-state index >= 15 is 0 Å². The summed E-state index contributed by atoms with van der Waals surface area (Å²) in [5.41, 5.74) is 8.61. The largest absolute Gasteiger partial charge is 0.507 e. The van der Waals surface area contributed by atoms with Crippen molar-refractivity contribution in [3.8, 4) is 11.5 Å². The summed E-state index contributed by atoms with van der Waals surface area (Å²) in [6, 6.07) is 10.4. The van der Waals surface area contributed by atoms with Crippen molar-refractivity contribution in [2.24, 2.45) is 11.0 Å². The summed E-state index contributed by atoms with van der Waals surface area (Å²) in [7, 11) is -9.72. The van der Waals surface area contributed by atoms with E-state index in [0.29, 0.717) is 0 Å². The van der Waals surface area contributed by atoms with Crippen LogP contribution < -0.4 is 16.6 Å². The molecule has 4 aromatic rings. The lowest BCUT2D eigenvalue weighted by Gasteiger charge is -2.18. The Morgan fingerprint density at radius 2 is 1.37 bits per heavy atom. The zero-order valence-corrected chi connectivity index (χ0v) is 19.0. The van der Waals surface area contributed by atoms with Gasteiger partial charge in [0.15, 0.2) is 0 Å². The number of fused-ring (bicyclic) bond motifs is 2. The number of rotatable bonds is 6. The number of nitrogens with two attached hydrogens (primary N) is 1. The van der Waals surface area contributed by atoms with Crippen molar-refractivity contribution in [3.05, 3.63) is 48.5 Å². The molecule has 0 amide bonds. The van der Waals surface area contributed by atoms with Crippen LogP contribution in [0.4, 0.5) is 22.7 Å². The molecule has 0 aliphatic rings. The summed E-state index contributed by atoms with van der Waals surface area (Å²) in [5, 5.41) is 27.6. The van der Waals surface area contributed by atoms with Crippen LogP contribution in [0.1, 0.15) is 0 Å². The van der Waals surface area contributed by atoms with E-state index in [9.17, 15) is 36.2 Å². The van der Waals surface area contributed by atoms with Gasteiger partial charge in [-0.3, -0.25) is 14.9 Å². The third-order valence-electron chi connectivity index (χ3n) is 5.26. The SMILES string of the molecule is N=Nc1c(S(=O)(=O)O)cc(Nc2ccc(NN)c(S(=O)(=O)O)c2)c2c(O)c3ccccc3c(O)c12. The Morgan fingerprint density at radius 3 is 1.89 bits per heavy atom. The summed E-state index contributed by atoms with van der Waals surface area (Å²) >= 11 is 0. The molecular formula is C20H17N5O8S2. The summed E-state index contributed by atoms with van der Waals surface area (Å²) in [4.78, 5) is -1.47. The molecule has 0 radical (unpaired) electrons. The summed E-state index contributed by atoms with van der Waals surface area (Å²) in [6.45, 7) is 0. The van der Waals surface area contributed by atoms with Gasteiger partial charge in [-0.25, -0.2) is 5.53 Å². The second-order valence-corrected chi connectivity index (χ2v) is 10.1. The number of phenols is 2. The average molecular weight is 520 g/mol. The van der Waals surface area contributed by atoms with Gasteiger partial charge in [0.05, 0.1) is 22.1 Å². The number of hydrogen-bond acceptors (Lipinski definition) is 11. The molecule has 0 aromatic heterocycles. The van der Waals surface area contributed by atoms with Gasteiger partial charge < -0.3 is 21.0 Å².